The maximum atomic E-state index is 13.3. The number of hydrogen-bond donors (Lipinski definition) is 1. The lowest BCUT2D eigenvalue weighted by Crippen LogP contribution is -2.49. The van der Waals surface area contributed by atoms with E-state index < -0.39 is 28.0 Å². The monoisotopic (exact) mass is 514 g/mol. The van der Waals surface area contributed by atoms with Gasteiger partial charge in [0.05, 0.1) is 35.2 Å². The quantitative estimate of drug-likeness (QED) is 0.473. The Hall–Kier alpha value is -3.56. The van der Waals surface area contributed by atoms with Crippen molar-refractivity contribution in [2.45, 2.75) is 18.8 Å². The molecule has 0 bridgehead atoms. The number of rotatable bonds is 7. The first-order valence-electron chi connectivity index (χ1n) is 10.9. The zero-order valence-electron chi connectivity index (χ0n) is 18.8. The predicted molar refractivity (Wildman–Crippen MR) is 133 cm³/mol. The maximum absolute atomic E-state index is 13.3. The van der Waals surface area contributed by atoms with Gasteiger partial charge in [-0.25, -0.2) is 13.2 Å². The molecule has 1 unspecified atom stereocenters. The third kappa shape index (κ3) is 5.58. The number of anilines is 2. The van der Waals surface area contributed by atoms with Gasteiger partial charge in [-0.15, -0.1) is 0 Å². The summed E-state index contributed by atoms with van der Waals surface area (Å²) in [6, 6.07) is 19.9. The molecule has 10 heteroatoms. The Balaban J connectivity index is 1.55. The van der Waals surface area contributed by atoms with Crippen LogP contribution in [0.5, 0.6) is 5.75 Å². The van der Waals surface area contributed by atoms with Gasteiger partial charge >= 0.3 is 5.97 Å². The molecule has 3 aromatic rings. The van der Waals surface area contributed by atoms with Gasteiger partial charge in [-0.05, 0) is 42.8 Å². The maximum Gasteiger partial charge on any atom is 0.339 e. The summed E-state index contributed by atoms with van der Waals surface area (Å²) < 4.78 is 38.6. The van der Waals surface area contributed by atoms with Crippen LogP contribution in [0.4, 0.5) is 11.4 Å². The summed E-state index contributed by atoms with van der Waals surface area (Å²) in [4.78, 5) is 25.0. The molecule has 1 atom stereocenters. The number of carbonyl (C=O) groups is 2. The van der Waals surface area contributed by atoms with Crippen LogP contribution in [0.1, 0.15) is 22.8 Å². The Bertz CT molecular complexity index is 1350. The third-order valence-corrected chi connectivity index (χ3v) is 7.32. The number of para-hydroxylation sites is 2. The third-order valence-electron chi connectivity index (χ3n) is 5.29. The van der Waals surface area contributed by atoms with Crippen molar-refractivity contribution in [3.8, 4) is 5.75 Å². The summed E-state index contributed by atoms with van der Waals surface area (Å²) in [7, 11) is -3.82. The molecule has 1 heterocycles. The van der Waals surface area contributed by atoms with Gasteiger partial charge in [0.15, 0.2) is 6.10 Å². The van der Waals surface area contributed by atoms with E-state index in [9.17, 15) is 18.0 Å². The second-order valence-electron chi connectivity index (χ2n) is 7.75. The molecular weight excluding hydrogens is 492 g/mol. The van der Waals surface area contributed by atoms with Crippen LogP contribution in [0.2, 0.25) is 5.02 Å². The van der Waals surface area contributed by atoms with Crippen molar-refractivity contribution in [3.05, 3.63) is 88.9 Å². The van der Waals surface area contributed by atoms with Crippen molar-refractivity contribution < 1.29 is 27.5 Å². The van der Waals surface area contributed by atoms with Crippen LogP contribution < -0.4 is 14.4 Å². The Kier molecular flexibility index (Phi) is 7.28. The summed E-state index contributed by atoms with van der Waals surface area (Å²) in [6.45, 7) is 1.69. The van der Waals surface area contributed by atoms with E-state index in [4.69, 9.17) is 21.1 Å². The zero-order valence-corrected chi connectivity index (χ0v) is 20.4. The Morgan fingerprint density at radius 2 is 1.80 bits per heavy atom. The molecule has 1 aliphatic rings. The fraction of sp³-hybridized carbons (Fsp3) is 0.200. The van der Waals surface area contributed by atoms with Gasteiger partial charge in [0, 0.05) is 5.69 Å². The molecule has 1 aliphatic heterocycles. The van der Waals surface area contributed by atoms with Gasteiger partial charge in [0.2, 0.25) is 10.0 Å². The van der Waals surface area contributed by atoms with Gasteiger partial charge in [-0.2, -0.15) is 0 Å². The Morgan fingerprint density at radius 1 is 1.09 bits per heavy atom. The van der Waals surface area contributed by atoms with E-state index in [1.807, 2.05) is 6.07 Å². The minimum Gasteiger partial charge on any atom is -0.476 e. The SMILES string of the molecule is CCOC(=O)c1ccc(NC(=O)C2CN(S(=O)(=O)Cc3ccccc3)c3ccccc3O2)cc1Cl. The molecule has 182 valence electrons. The number of ether oxygens (including phenoxy) is 2. The van der Waals surface area contributed by atoms with Crippen LogP contribution >= 0.6 is 11.6 Å². The fourth-order valence-electron chi connectivity index (χ4n) is 3.65. The number of benzene rings is 3. The minimum absolute atomic E-state index is 0.114. The number of carbonyl (C=O) groups excluding carboxylic acids is 2. The number of hydrogen-bond acceptors (Lipinski definition) is 6. The lowest BCUT2D eigenvalue weighted by Gasteiger charge is -2.34. The molecule has 0 radical (unpaired) electrons. The van der Waals surface area contributed by atoms with Crippen molar-refractivity contribution in [2.24, 2.45) is 0 Å². The lowest BCUT2D eigenvalue weighted by atomic mass is 10.2. The van der Waals surface area contributed by atoms with E-state index in [1.165, 1.54) is 22.5 Å². The average molecular weight is 515 g/mol. The second-order valence-corrected chi connectivity index (χ2v) is 10.1. The van der Waals surface area contributed by atoms with Crippen LogP contribution in [0.15, 0.2) is 72.8 Å². The molecule has 0 saturated carbocycles. The first-order valence-corrected chi connectivity index (χ1v) is 12.8. The number of nitrogens with one attached hydrogen (secondary N) is 1. The number of fused-ring (bicyclic) bond motifs is 1. The van der Waals surface area contributed by atoms with Gasteiger partial charge < -0.3 is 14.8 Å². The summed E-state index contributed by atoms with van der Waals surface area (Å²) in [6.07, 6.45) is -1.11. The number of esters is 1. The number of amides is 1. The van der Waals surface area contributed by atoms with Crippen molar-refractivity contribution in [3.63, 3.8) is 0 Å². The highest BCUT2D eigenvalue weighted by atomic mass is 35.5. The highest BCUT2D eigenvalue weighted by Crippen LogP contribution is 2.36. The standard InChI is InChI=1S/C25H23ClN2O6S/c1-2-33-25(30)19-13-12-18(14-20(19)26)27-24(29)23-15-28(21-10-6-7-11-22(21)34-23)35(31,32)16-17-8-4-3-5-9-17/h3-14,23H,2,15-16H2,1H3,(H,27,29). The Labute approximate surface area is 208 Å². The molecule has 3 aromatic carbocycles. The van der Waals surface area contributed by atoms with E-state index in [0.717, 1.165) is 0 Å². The molecule has 1 amide bonds. The van der Waals surface area contributed by atoms with E-state index in [0.29, 0.717) is 16.9 Å². The minimum atomic E-state index is -3.82. The van der Waals surface area contributed by atoms with Gasteiger partial charge in [0.1, 0.15) is 5.75 Å². The normalized spacial score (nSPS) is 15.0. The van der Waals surface area contributed by atoms with Gasteiger partial charge in [-0.1, -0.05) is 54.1 Å². The molecule has 35 heavy (non-hydrogen) atoms. The van der Waals surface area contributed by atoms with Crippen molar-refractivity contribution >= 4 is 44.9 Å². The number of sulfonamides is 1. The van der Waals surface area contributed by atoms with E-state index >= 15 is 0 Å². The highest BCUT2D eigenvalue weighted by Gasteiger charge is 2.36. The molecular formula is C25H23ClN2O6S. The smallest absolute Gasteiger partial charge is 0.339 e. The van der Waals surface area contributed by atoms with Crippen LogP contribution in [0.3, 0.4) is 0 Å². The molecule has 0 aliphatic carbocycles. The van der Waals surface area contributed by atoms with E-state index in [2.05, 4.69) is 5.32 Å². The largest absolute Gasteiger partial charge is 0.476 e. The molecule has 0 spiro atoms. The van der Waals surface area contributed by atoms with Gasteiger partial charge in [-0.3, -0.25) is 9.10 Å². The number of halogens is 1. The topological polar surface area (TPSA) is 102 Å². The first kappa shape index (κ1) is 24.6. The summed E-state index contributed by atoms with van der Waals surface area (Å²) >= 11 is 6.19. The summed E-state index contributed by atoms with van der Waals surface area (Å²) in [5, 5.41) is 2.80. The first-order chi connectivity index (χ1) is 16.8. The average Bonchev–Trinajstić information content (AvgIpc) is 2.84. The molecule has 8 nitrogen and oxygen atoms in total. The van der Waals surface area contributed by atoms with E-state index in [-0.39, 0.29) is 35.2 Å². The molecule has 0 aromatic heterocycles. The van der Waals surface area contributed by atoms with Crippen molar-refractivity contribution in [2.75, 3.05) is 22.8 Å². The van der Waals surface area contributed by atoms with Gasteiger partial charge in [0.25, 0.3) is 5.91 Å². The lowest BCUT2D eigenvalue weighted by molar-refractivity contribution is -0.122. The predicted octanol–water partition coefficient (Wildman–Crippen LogP) is 4.25. The van der Waals surface area contributed by atoms with Crippen molar-refractivity contribution in [1.82, 2.24) is 0 Å². The summed E-state index contributed by atoms with van der Waals surface area (Å²) in [5.41, 5.74) is 1.50. The zero-order chi connectivity index (χ0) is 25.0. The second kappa shape index (κ2) is 10.4. The Morgan fingerprint density at radius 3 is 2.51 bits per heavy atom. The molecule has 0 saturated heterocycles. The van der Waals surface area contributed by atoms with Crippen molar-refractivity contribution in [1.29, 1.82) is 0 Å². The van der Waals surface area contributed by atoms with Crippen LogP contribution in [0, 0.1) is 0 Å². The molecule has 0 fully saturated rings. The van der Waals surface area contributed by atoms with E-state index in [1.54, 1.807) is 55.5 Å². The molecule has 4 rings (SSSR count). The summed E-state index contributed by atoms with van der Waals surface area (Å²) in [5.74, 6) is -1.06. The fourth-order valence-corrected chi connectivity index (χ4v) is 5.50. The highest BCUT2D eigenvalue weighted by molar-refractivity contribution is 7.92. The van der Waals surface area contributed by atoms with Crippen LogP contribution in [0.25, 0.3) is 0 Å². The number of nitrogens with zero attached hydrogens (tertiary/aromatic N) is 1. The van der Waals surface area contributed by atoms with Crippen LogP contribution in [-0.2, 0) is 25.3 Å². The van der Waals surface area contributed by atoms with Crippen LogP contribution in [-0.4, -0.2) is 39.5 Å². The molecule has 1 N–H and O–H groups in total.